The van der Waals surface area contributed by atoms with Crippen molar-refractivity contribution in [3.63, 3.8) is 0 Å². The van der Waals surface area contributed by atoms with Crippen LogP contribution >= 0.6 is 11.3 Å². The van der Waals surface area contributed by atoms with Crippen molar-refractivity contribution in [3.8, 4) is 11.8 Å². The van der Waals surface area contributed by atoms with E-state index >= 15 is 0 Å². The number of aromatic nitrogens is 1. The quantitative estimate of drug-likeness (QED) is 0.846. The molecule has 2 N–H and O–H groups in total. The SMILES string of the molecule is CN(C(=O)c1ccc(C#CCN)s1)c1cccnc1. The third-order valence-corrected chi connectivity index (χ3v) is 3.46. The molecule has 0 saturated heterocycles. The number of pyridine rings is 1. The van der Waals surface area contributed by atoms with Gasteiger partial charge in [0.25, 0.3) is 5.91 Å². The normalized spacial score (nSPS) is 9.58. The van der Waals surface area contributed by atoms with E-state index in [1.54, 1.807) is 36.5 Å². The zero-order valence-electron chi connectivity index (χ0n) is 10.5. The van der Waals surface area contributed by atoms with Crippen molar-refractivity contribution < 1.29 is 4.79 Å². The summed E-state index contributed by atoms with van der Waals surface area (Å²) in [5.74, 6) is 5.62. The molecule has 0 aliphatic rings. The monoisotopic (exact) mass is 271 g/mol. The summed E-state index contributed by atoms with van der Waals surface area (Å²) < 4.78 is 0. The van der Waals surface area contributed by atoms with Crippen molar-refractivity contribution >= 4 is 22.9 Å². The second-order valence-electron chi connectivity index (χ2n) is 3.75. The summed E-state index contributed by atoms with van der Waals surface area (Å²) in [6.45, 7) is 0.316. The van der Waals surface area contributed by atoms with Crippen molar-refractivity contribution in [3.05, 3.63) is 46.4 Å². The molecule has 0 unspecified atom stereocenters. The molecule has 19 heavy (non-hydrogen) atoms. The Morgan fingerprint density at radius 2 is 2.32 bits per heavy atom. The van der Waals surface area contributed by atoms with Crippen molar-refractivity contribution in [2.75, 3.05) is 18.5 Å². The number of rotatable bonds is 2. The first-order chi connectivity index (χ1) is 9.22. The predicted octanol–water partition coefficient (Wildman–Crippen LogP) is 1.73. The van der Waals surface area contributed by atoms with E-state index in [2.05, 4.69) is 16.8 Å². The Kier molecular flexibility index (Phi) is 4.29. The van der Waals surface area contributed by atoms with Crippen LogP contribution in [-0.4, -0.2) is 24.5 Å². The number of hydrogen-bond donors (Lipinski definition) is 1. The van der Waals surface area contributed by atoms with Crippen molar-refractivity contribution in [2.45, 2.75) is 0 Å². The fourth-order valence-electron chi connectivity index (χ4n) is 1.49. The summed E-state index contributed by atoms with van der Waals surface area (Å²) in [7, 11) is 1.73. The molecule has 2 aromatic heterocycles. The van der Waals surface area contributed by atoms with Gasteiger partial charge >= 0.3 is 0 Å². The van der Waals surface area contributed by atoms with Gasteiger partial charge in [-0.3, -0.25) is 9.78 Å². The number of nitrogens with two attached hydrogens (primary N) is 1. The third-order valence-electron chi connectivity index (χ3n) is 2.47. The average molecular weight is 271 g/mol. The molecular formula is C14H13N3OS. The summed E-state index contributed by atoms with van der Waals surface area (Å²) in [4.78, 5) is 19.3. The summed E-state index contributed by atoms with van der Waals surface area (Å²) in [5, 5.41) is 0. The van der Waals surface area contributed by atoms with Crippen LogP contribution in [-0.2, 0) is 0 Å². The molecule has 0 saturated carbocycles. The molecule has 0 bridgehead atoms. The fourth-order valence-corrected chi connectivity index (χ4v) is 2.35. The minimum atomic E-state index is -0.0706. The molecule has 96 valence electrons. The third kappa shape index (κ3) is 3.19. The largest absolute Gasteiger partial charge is 0.320 e. The maximum atomic E-state index is 12.3. The molecule has 2 aromatic rings. The van der Waals surface area contributed by atoms with Crippen molar-refractivity contribution in [2.24, 2.45) is 5.73 Å². The molecular weight excluding hydrogens is 258 g/mol. The van der Waals surface area contributed by atoms with Gasteiger partial charge in [-0.15, -0.1) is 11.3 Å². The van der Waals surface area contributed by atoms with Crippen LogP contribution < -0.4 is 10.6 Å². The van der Waals surface area contributed by atoms with Crippen LogP contribution in [0.25, 0.3) is 0 Å². The molecule has 0 atom stereocenters. The number of amides is 1. The van der Waals surface area contributed by atoms with E-state index < -0.39 is 0 Å². The molecule has 4 nitrogen and oxygen atoms in total. The number of thiophene rings is 1. The van der Waals surface area contributed by atoms with Crippen molar-refractivity contribution in [1.82, 2.24) is 4.98 Å². The number of hydrogen-bond acceptors (Lipinski definition) is 4. The second kappa shape index (κ2) is 6.14. The van der Waals surface area contributed by atoms with Gasteiger partial charge in [-0.05, 0) is 24.3 Å². The maximum Gasteiger partial charge on any atom is 0.268 e. The van der Waals surface area contributed by atoms with Crippen LogP contribution in [0.2, 0.25) is 0 Å². The minimum Gasteiger partial charge on any atom is -0.320 e. The zero-order valence-corrected chi connectivity index (χ0v) is 11.3. The predicted molar refractivity (Wildman–Crippen MR) is 77.2 cm³/mol. The Bertz CT molecular complexity index is 625. The van der Waals surface area contributed by atoms with E-state index in [-0.39, 0.29) is 5.91 Å². The van der Waals surface area contributed by atoms with Crippen LogP contribution in [0, 0.1) is 11.8 Å². The number of anilines is 1. The first-order valence-electron chi connectivity index (χ1n) is 5.69. The summed E-state index contributed by atoms with van der Waals surface area (Å²) >= 11 is 1.36. The van der Waals surface area contributed by atoms with E-state index in [4.69, 9.17) is 5.73 Å². The second-order valence-corrected chi connectivity index (χ2v) is 4.83. The van der Waals surface area contributed by atoms with Crippen LogP contribution in [0.4, 0.5) is 5.69 Å². The molecule has 0 aliphatic carbocycles. The summed E-state index contributed by atoms with van der Waals surface area (Å²) in [6, 6.07) is 7.25. The van der Waals surface area contributed by atoms with E-state index in [1.165, 1.54) is 11.3 Å². The first kappa shape index (κ1) is 13.3. The molecule has 1 amide bonds. The Labute approximate surface area is 115 Å². The summed E-state index contributed by atoms with van der Waals surface area (Å²) in [5.41, 5.74) is 6.08. The minimum absolute atomic E-state index is 0.0706. The highest BCUT2D eigenvalue weighted by Crippen LogP contribution is 2.20. The van der Waals surface area contributed by atoms with Gasteiger partial charge in [0.2, 0.25) is 0 Å². The molecule has 5 heteroatoms. The molecule has 0 aromatic carbocycles. The first-order valence-corrected chi connectivity index (χ1v) is 6.51. The summed E-state index contributed by atoms with van der Waals surface area (Å²) in [6.07, 6.45) is 3.33. The number of carbonyl (C=O) groups excluding carboxylic acids is 1. The topological polar surface area (TPSA) is 59.2 Å². The van der Waals surface area contributed by atoms with Crippen molar-refractivity contribution in [1.29, 1.82) is 0 Å². The highest BCUT2D eigenvalue weighted by atomic mass is 32.1. The highest BCUT2D eigenvalue weighted by Gasteiger charge is 2.15. The lowest BCUT2D eigenvalue weighted by atomic mass is 10.3. The Balaban J connectivity index is 2.18. The average Bonchev–Trinajstić information content (AvgIpc) is 2.93. The van der Waals surface area contributed by atoms with Crippen LogP contribution in [0.1, 0.15) is 14.5 Å². The molecule has 2 rings (SSSR count). The van der Waals surface area contributed by atoms with Crippen LogP contribution in [0.15, 0.2) is 36.7 Å². The standard InChI is InChI=1S/C14H13N3OS/c1-17(11-4-3-9-16-10-11)14(18)13-7-6-12(19-13)5-2-8-15/h3-4,6-7,9-10H,8,15H2,1H3. The Hall–Kier alpha value is -2.16. The lowest BCUT2D eigenvalue weighted by Crippen LogP contribution is -2.25. The van der Waals surface area contributed by atoms with E-state index in [1.807, 2.05) is 12.1 Å². The molecule has 0 spiro atoms. The maximum absolute atomic E-state index is 12.3. The van der Waals surface area contributed by atoms with E-state index in [9.17, 15) is 4.79 Å². The fraction of sp³-hybridized carbons (Fsp3) is 0.143. The van der Waals surface area contributed by atoms with E-state index in [0.717, 1.165) is 10.6 Å². The molecule has 0 fully saturated rings. The lowest BCUT2D eigenvalue weighted by molar-refractivity contribution is 0.0997. The molecule has 2 heterocycles. The van der Waals surface area contributed by atoms with Crippen LogP contribution in [0.5, 0.6) is 0 Å². The highest BCUT2D eigenvalue weighted by molar-refractivity contribution is 7.14. The van der Waals surface area contributed by atoms with Gasteiger partial charge in [-0.1, -0.05) is 11.8 Å². The molecule has 0 aliphatic heterocycles. The Morgan fingerprint density at radius 3 is 3.00 bits per heavy atom. The van der Waals surface area contributed by atoms with Gasteiger partial charge in [-0.25, -0.2) is 0 Å². The van der Waals surface area contributed by atoms with Crippen LogP contribution in [0.3, 0.4) is 0 Å². The lowest BCUT2D eigenvalue weighted by Gasteiger charge is -2.15. The molecule has 0 radical (unpaired) electrons. The van der Waals surface area contributed by atoms with Gasteiger partial charge in [0.15, 0.2) is 0 Å². The van der Waals surface area contributed by atoms with Gasteiger partial charge < -0.3 is 10.6 Å². The smallest absolute Gasteiger partial charge is 0.268 e. The van der Waals surface area contributed by atoms with Gasteiger partial charge in [-0.2, -0.15) is 0 Å². The van der Waals surface area contributed by atoms with Gasteiger partial charge in [0.05, 0.1) is 28.2 Å². The number of carbonyl (C=O) groups is 1. The van der Waals surface area contributed by atoms with Gasteiger partial charge in [0.1, 0.15) is 0 Å². The van der Waals surface area contributed by atoms with Gasteiger partial charge in [0, 0.05) is 13.2 Å². The Morgan fingerprint density at radius 1 is 1.47 bits per heavy atom. The van der Waals surface area contributed by atoms with E-state index in [0.29, 0.717) is 11.4 Å². The number of nitrogens with zero attached hydrogens (tertiary/aromatic N) is 2. The zero-order chi connectivity index (χ0) is 13.7.